The molecule has 0 aromatic heterocycles. The van der Waals surface area contributed by atoms with Gasteiger partial charge < -0.3 is 15.2 Å². The lowest BCUT2D eigenvalue weighted by atomic mass is 10.1. The molecule has 0 bridgehead atoms. The average molecular weight is 340 g/mol. The van der Waals surface area contributed by atoms with Crippen LogP contribution in [0.2, 0.25) is 25.7 Å². The monoisotopic (exact) mass is 340 g/mol. The van der Waals surface area contributed by atoms with Gasteiger partial charge in [-0.3, -0.25) is 4.99 Å². The van der Waals surface area contributed by atoms with Crippen LogP contribution in [0.25, 0.3) is 0 Å². The first kappa shape index (κ1) is 20.6. The lowest BCUT2D eigenvalue weighted by molar-refractivity contribution is -0.135. The van der Waals surface area contributed by atoms with Gasteiger partial charge in [-0.25, -0.2) is 4.79 Å². The van der Waals surface area contributed by atoms with Crippen molar-refractivity contribution < 1.29 is 27.4 Å². The third kappa shape index (κ3) is 9.56. The van der Waals surface area contributed by atoms with E-state index in [4.69, 9.17) is 10.5 Å². The Labute approximate surface area is 129 Å². The summed E-state index contributed by atoms with van der Waals surface area (Å²) in [4.78, 5) is 15.1. The second kappa shape index (κ2) is 8.94. The molecule has 0 atom stereocenters. The highest BCUT2D eigenvalue weighted by molar-refractivity contribution is 6.76. The first-order chi connectivity index (χ1) is 10.00. The van der Waals surface area contributed by atoms with E-state index in [-0.39, 0.29) is 6.73 Å². The number of aliphatic imine (C=N–C) groups is 1. The molecule has 0 radical (unpaired) electrons. The summed E-state index contributed by atoms with van der Waals surface area (Å²) in [6.07, 6.45) is -5.12. The maximum atomic E-state index is 12.6. The predicted molar refractivity (Wildman–Crippen MR) is 81.4 cm³/mol. The van der Waals surface area contributed by atoms with Crippen molar-refractivity contribution in [1.29, 1.82) is 0 Å². The van der Waals surface area contributed by atoms with Gasteiger partial charge in [0.2, 0.25) is 0 Å². The SMILES string of the molecule is COC(=O)C(=CN)C(CC(F)(F)F)=NCOCC[Si](C)(C)C. The van der Waals surface area contributed by atoms with E-state index in [2.05, 4.69) is 29.4 Å². The summed E-state index contributed by atoms with van der Waals surface area (Å²) in [5.41, 5.74) is 4.31. The molecular formula is C13H23F3N2O3Si. The minimum Gasteiger partial charge on any atom is -0.465 e. The van der Waals surface area contributed by atoms with Crippen LogP contribution in [0, 0.1) is 0 Å². The Kier molecular flexibility index (Phi) is 8.39. The van der Waals surface area contributed by atoms with E-state index in [1.54, 1.807) is 0 Å². The maximum absolute atomic E-state index is 12.6. The van der Waals surface area contributed by atoms with Gasteiger partial charge in [-0.2, -0.15) is 13.2 Å². The first-order valence-corrected chi connectivity index (χ1v) is 10.4. The fraction of sp³-hybridized carbons (Fsp3) is 0.692. The van der Waals surface area contributed by atoms with Gasteiger partial charge >= 0.3 is 12.1 Å². The van der Waals surface area contributed by atoms with E-state index in [0.717, 1.165) is 19.4 Å². The van der Waals surface area contributed by atoms with Crippen LogP contribution in [-0.2, 0) is 14.3 Å². The largest absolute Gasteiger partial charge is 0.465 e. The van der Waals surface area contributed by atoms with Crippen molar-refractivity contribution in [2.45, 2.75) is 38.3 Å². The number of nitrogens with two attached hydrogens (primary N) is 1. The number of rotatable bonds is 8. The Hall–Kier alpha value is -1.35. The fourth-order valence-corrected chi connectivity index (χ4v) is 2.14. The Morgan fingerprint density at radius 3 is 2.32 bits per heavy atom. The van der Waals surface area contributed by atoms with Gasteiger partial charge in [0.1, 0.15) is 6.73 Å². The third-order valence-electron chi connectivity index (χ3n) is 2.59. The number of hydrogen-bond donors (Lipinski definition) is 1. The molecule has 0 saturated carbocycles. The van der Waals surface area contributed by atoms with Crippen molar-refractivity contribution in [2.75, 3.05) is 20.4 Å². The number of hydrogen-bond acceptors (Lipinski definition) is 5. The highest BCUT2D eigenvalue weighted by atomic mass is 28.3. The van der Waals surface area contributed by atoms with E-state index < -0.39 is 37.9 Å². The molecule has 0 spiro atoms. The molecule has 0 aromatic carbocycles. The molecule has 0 unspecified atom stereocenters. The molecule has 0 saturated heterocycles. The quantitative estimate of drug-likeness (QED) is 0.242. The van der Waals surface area contributed by atoms with Crippen molar-refractivity contribution >= 4 is 19.8 Å². The summed E-state index contributed by atoms with van der Waals surface area (Å²) < 4.78 is 47.3. The van der Waals surface area contributed by atoms with Crippen LogP contribution in [0.4, 0.5) is 13.2 Å². The number of methoxy groups -OCH3 is 1. The zero-order chi connectivity index (χ0) is 17.4. The molecule has 0 aromatic rings. The summed E-state index contributed by atoms with van der Waals surface area (Å²) >= 11 is 0. The van der Waals surface area contributed by atoms with Gasteiger partial charge in [0, 0.05) is 20.9 Å². The van der Waals surface area contributed by atoms with Gasteiger partial charge in [0.25, 0.3) is 0 Å². The predicted octanol–water partition coefficient (Wildman–Crippen LogP) is 2.71. The Bertz CT molecular complexity index is 429. The Balaban J connectivity index is 4.86. The van der Waals surface area contributed by atoms with Crippen molar-refractivity contribution in [3.63, 3.8) is 0 Å². The molecule has 22 heavy (non-hydrogen) atoms. The van der Waals surface area contributed by atoms with Crippen molar-refractivity contribution in [1.82, 2.24) is 0 Å². The molecule has 2 N–H and O–H groups in total. The molecule has 0 aliphatic rings. The van der Waals surface area contributed by atoms with E-state index >= 15 is 0 Å². The number of alkyl halides is 3. The van der Waals surface area contributed by atoms with Crippen LogP contribution in [0.1, 0.15) is 6.42 Å². The maximum Gasteiger partial charge on any atom is 0.394 e. The lowest BCUT2D eigenvalue weighted by Crippen LogP contribution is -2.24. The topological polar surface area (TPSA) is 73.9 Å². The van der Waals surface area contributed by atoms with E-state index in [9.17, 15) is 18.0 Å². The number of carbonyl (C=O) groups excluding carboxylic acids is 1. The van der Waals surface area contributed by atoms with E-state index in [0.29, 0.717) is 6.61 Å². The fourth-order valence-electron chi connectivity index (χ4n) is 1.38. The smallest absolute Gasteiger partial charge is 0.394 e. The number of halogens is 3. The molecule has 0 fully saturated rings. The number of ether oxygens (including phenoxy) is 2. The summed E-state index contributed by atoms with van der Waals surface area (Å²) in [6, 6.07) is 0.869. The van der Waals surface area contributed by atoms with Crippen molar-refractivity contribution in [3.8, 4) is 0 Å². The summed E-state index contributed by atoms with van der Waals surface area (Å²) in [5, 5.41) is 0. The second-order valence-electron chi connectivity index (χ2n) is 5.82. The molecule has 5 nitrogen and oxygen atoms in total. The van der Waals surface area contributed by atoms with Crippen LogP contribution in [-0.4, -0.2) is 46.4 Å². The first-order valence-electron chi connectivity index (χ1n) is 6.68. The van der Waals surface area contributed by atoms with Crippen LogP contribution in [0.5, 0.6) is 0 Å². The lowest BCUT2D eigenvalue weighted by Gasteiger charge is -2.15. The zero-order valence-corrected chi connectivity index (χ0v) is 14.3. The van der Waals surface area contributed by atoms with Gasteiger partial charge in [0.05, 0.1) is 24.8 Å². The van der Waals surface area contributed by atoms with Gasteiger partial charge in [-0.1, -0.05) is 19.6 Å². The number of nitrogens with zero attached hydrogens (tertiary/aromatic N) is 1. The summed E-state index contributed by atoms with van der Waals surface area (Å²) in [5.74, 6) is -0.965. The number of carbonyl (C=O) groups is 1. The Morgan fingerprint density at radius 2 is 1.91 bits per heavy atom. The number of esters is 1. The molecule has 0 aliphatic heterocycles. The molecule has 0 heterocycles. The van der Waals surface area contributed by atoms with Crippen molar-refractivity contribution in [3.05, 3.63) is 11.8 Å². The second-order valence-corrected chi connectivity index (χ2v) is 11.4. The van der Waals surface area contributed by atoms with E-state index in [1.807, 2.05) is 0 Å². The molecule has 9 heteroatoms. The molecular weight excluding hydrogens is 317 g/mol. The minimum atomic E-state index is -4.51. The third-order valence-corrected chi connectivity index (χ3v) is 4.30. The van der Waals surface area contributed by atoms with Gasteiger partial charge in [0.15, 0.2) is 0 Å². The average Bonchev–Trinajstić information content (AvgIpc) is 2.35. The van der Waals surface area contributed by atoms with Gasteiger partial charge in [-0.15, -0.1) is 0 Å². The normalized spacial score (nSPS) is 14.1. The van der Waals surface area contributed by atoms with Crippen LogP contribution >= 0.6 is 0 Å². The molecule has 128 valence electrons. The minimum absolute atomic E-state index is 0.260. The van der Waals surface area contributed by atoms with Gasteiger partial charge in [-0.05, 0) is 6.04 Å². The molecule has 0 amide bonds. The Morgan fingerprint density at radius 1 is 1.32 bits per heavy atom. The molecule has 0 aliphatic carbocycles. The van der Waals surface area contributed by atoms with Crippen LogP contribution in [0.15, 0.2) is 16.8 Å². The zero-order valence-electron chi connectivity index (χ0n) is 13.3. The van der Waals surface area contributed by atoms with Crippen LogP contribution in [0.3, 0.4) is 0 Å². The standard InChI is InChI=1S/C13H23F3N2O3Si/c1-20-12(19)10(8-17)11(7-13(14,15)16)18-9-21-5-6-22(2,3)4/h8H,5-7,9,17H2,1-4H3. The summed E-state index contributed by atoms with van der Waals surface area (Å²) in [6.45, 7) is 6.62. The summed E-state index contributed by atoms with van der Waals surface area (Å²) in [7, 11) is -0.227. The van der Waals surface area contributed by atoms with Crippen LogP contribution < -0.4 is 5.73 Å². The highest BCUT2D eigenvalue weighted by Gasteiger charge is 2.33. The van der Waals surface area contributed by atoms with E-state index in [1.165, 1.54) is 0 Å². The van der Waals surface area contributed by atoms with Crippen molar-refractivity contribution in [2.24, 2.45) is 10.7 Å². The highest BCUT2D eigenvalue weighted by Crippen LogP contribution is 2.23. The molecule has 0 rings (SSSR count).